The van der Waals surface area contributed by atoms with Crippen molar-refractivity contribution in [2.45, 2.75) is 77.8 Å². The zero-order chi connectivity index (χ0) is 38.5. The summed E-state index contributed by atoms with van der Waals surface area (Å²) >= 11 is 0. The Bertz CT molecular complexity index is 1780. The maximum Gasteiger partial charge on any atom is 0.241 e. The Morgan fingerprint density at radius 1 is 0.704 bits per heavy atom. The number of aromatic nitrogens is 4. The van der Waals surface area contributed by atoms with Crippen LogP contribution in [-0.4, -0.2) is 91.6 Å². The van der Waals surface area contributed by atoms with Crippen LogP contribution in [0.4, 0.5) is 0 Å². The van der Waals surface area contributed by atoms with Crippen molar-refractivity contribution >= 4 is 33.4 Å². The first-order valence-corrected chi connectivity index (χ1v) is 21.4. The second kappa shape index (κ2) is 17.7. The lowest BCUT2D eigenvalue weighted by molar-refractivity contribution is -0.138. The van der Waals surface area contributed by atoms with Crippen LogP contribution in [0, 0.1) is 11.8 Å². The van der Waals surface area contributed by atoms with E-state index in [1.165, 1.54) is 21.6 Å². The zero-order valence-electron chi connectivity index (χ0n) is 32.2. The van der Waals surface area contributed by atoms with E-state index < -0.39 is 12.1 Å². The first-order valence-electron chi connectivity index (χ1n) is 18.9. The molecule has 2 aromatic heterocycles. The molecule has 4 aromatic rings. The predicted octanol–water partition coefficient (Wildman–Crippen LogP) is 6.03. The molecule has 6 atom stereocenters. The summed E-state index contributed by atoms with van der Waals surface area (Å²) in [6.45, 7) is 11.0. The molecule has 0 bridgehead atoms. The van der Waals surface area contributed by atoms with E-state index in [1.807, 2.05) is 58.3 Å². The molecule has 0 fully saturated rings. The number of rotatable bonds is 15. The molecule has 2 aliphatic rings. The number of methoxy groups -OCH3 is 2. The molecular weight excluding hydrogens is 721 g/mol. The van der Waals surface area contributed by atoms with Crippen LogP contribution in [0.25, 0.3) is 22.5 Å². The molecule has 6 unspecified atom stereocenters. The average molecular weight is 775 g/mol. The summed E-state index contributed by atoms with van der Waals surface area (Å²) in [4.78, 5) is 41.8. The molecule has 2 aromatic carbocycles. The van der Waals surface area contributed by atoms with Crippen molar-refractivity contribution in [2.24, 2.45) is 23.3 Å². The highest BCUT2D eigenvalue weighted by Gasteiger charge is 2.39. The molecule has 2 amide bonds. The number of nitrogens with zero attached hydrogens (tertiary/aromatic N) is 6. The fraction of sp³-hybridized carbons (Fsp3) is 0.500. The Balaban J connectivity index is 1.07. The number of nitrogens with two attached hydrogens (primary N) is 2. The summed E-state index contributed by atoms with van der Waals surface area (Å²) in [5, 5.41) is 0. The first kappa shape index (κ1) is 39.7. The van der Waals surface area contributed by atoms with E-state index in [1.54, 1.807) is 14.2 Å². The minimum Gasteiger partial charge on any atom is -0.496 e. The van der Waals surface area contributed by atoms with Crippen molar-refractivity contribution < 1.29 is 19.1 Å². The van der Waals surface area contributed by atoms with Crippen molar-refractivity contribution in [1.82, 2.24) is 28.9 Å². The number of para-hydroxylation sites is 2. The van der Waals surface area contributed by atoms with Crippen molar-refractivity contribution in [3.8, 4) is 34.0 Å². The number of carbonyl (C=O) groups is 2. The Hall–Kier alpha value is -3.98. The van der Waals surface area contributed by atoms with Gasteiger partial charge in [0.25, 0.3) is 0 Å². The Labute approximate surface area is 326 Å². The second-order valence-corrected chi connectivity index (χ2v) is 16.8. The standard InChI is InChI=1S/C40H54N8O4S2/c1-7-25(3)35-37-43-31(27-13-9-11-15-33(27)51-5)21-45(37)17-19-47(35)39(49)29(41)23-53-54-24-30(42)40(50)48-20-18-46-22-32(28-14-10-12-16-34(28)52-6)44-38(46)36(48)26(4)8-2/h9-16,21-22,25-26,29-30,35-36H,7-8,17-20,23-24,41-42H2,1-6H3. The summed E-state index contributed by atoms with van der Waals surface area (Å²) < 4.78 is 15.5. The van der Waals surface area contributed by atoms with Crippen LogP contribution in [-0.2, 0) is 22.7 Å². The highest BCUT2D eigenvalue weighted by Crippen LogP contribution is 2.39. The quantitative estimate of drug-likeness (QED) is 0.109. The Morgan fingerprint density at radius 2 is 1.09 bits per heavy atom. The molecule has 0 saturated heterocycles. The number of fused-ring (bicyclic) bond motifs is 2. The molecule has 0 spiro atoms. The fourth-order valence-corrected chi connectivity index (χ4v) is 9.75. The van der Waals surface area contributed by atoms with Crippen molar-refractivity contribution in [3.05, 3.63) is 72.6 Å². The van der Waals surface area contributed by atoms with Gasteiger partial charge in [0.05, 0.1) is 49.8 Å². The van der Waals surface area contributed by atoms with E-state index in [0.717, 1.165) is 58.5 Å². The van der Waals surface area contributed by atoms with Crippen LogP contribution in [0.3, 0.4) is 0 Å². The molecule has 4 N–H and O–H groups in total. The van der Waals surface area contributed by atoms with Crippen LogP contribution in [0.5, 0.6) is 11.5 Å². The van der Waals surface area contributed by atoms with E-state index in [2.05, 4.69) is 49.2 Å². The monoisotopic (exact) mass is 774 g/mol. The van der Waals surface area contributed by atoms with E-state index >= 15 is 0 Å². The summed E-state index contributed by atoms with van der Waals surface area (Å²) in [6.07, 6.45) is 5.89. The van der Waals surface area contributed by atoms with Gasteiger partial charge in [-0.2, -0.15) is 0 Å². The lowest BCUT2D eigenvalue weighted by Gasteiger charge is -2.40. The maximum absolute atomic E-state index is 13.9. The number of carbonyl (C=O) groups excluding carboxylic acids is 2. The summed E-state index contributed by atoms with van der Waals surface area (Å²) in [5.74, 6) is 4.25. The van der Waals surface area contributed by atoms with Gasteiger partial charge in [-0.25, -0.2) is 9.97 Å². The minimum absolute atomic E-state index is 0.0884. The van der Waals surface area contributed by atoms with Gasteiger partial charge in [0.2, 0.25) is 11.8 Å². The third-order valence-corrected chi connectivity index (χ3v) is 13.4. The number of ether oxygens (including phenoxy) is 2. The smallest absolute Gasteiger partial charge is 0.241 e. The number of benzene rings is 2. The molecule has 290 valence electrons. The van der Waals surface area contributed by atoms with E-state index in [9.17, 15) is 9.59 Å². The van der Waals surface area contributed by atoms with E-state index in [0.29, 0.717) is 37.7 Å². The molecule has 12 nitrogen and oxygen atoms in total. The van der Waals surface area contributed by atoms with E-state index in [4.69, 9.17) is 30.9 Å². The molecule has 14 heteroatoms. The third-order valence-electron chi connectivity index (χ3n) is 10.9. The van der Waals surface area contributed by atoms with Gasteiger partial charge in [0.15, 0.2) is 0 Å². The molecular formula is C40H54N8O4S2. The Kier molecular flexibility index (Phi) is 13.0. The molecule has 2 aliphatic heterocycles. The van der Waals surface area contributed by atoms with Gasteiger partial charge in [-0.15, -0.1) is 0 Å². The van der Waals surface area contributed by atoms with Crippen LogP contribution < -0.4 is 20.9 Å². The largest absolute Gasteiger partial charge is 0.496 e. The van der Waals surface area contributed by atoms with Crippen LogP contribution in [0.15, 0.2) is 60.9 Å². The van der Waals surface area contributed by atoms with Gasteiger partial charge in [0, 0.05) is 61.2 Å². The van der Waals surface area contributed by atoms with Gasteiger partial charge in [-0.1, -0.05) is 86.4 Å². The molecule has 0 aliphatic carbocycles. The highest BCUT2D eigenvalue weighted by molar-refractivity contribution is 8.76. The zero-order valence-corrected chi connectivity index (χ0v) is 33.8. The average Bonchev–Trinajstić information content (AvgIpc) is 3.85. The highest BCUT2D eigenvalue weighted by atomic mass is 33.1. The SMILES string of the molecule is CCC(C)C1c2nc(-c3ccccc3OC)cn2CCN1C(=O)C(N)CSSCC(N)C(=O)N1CCn2cc(-c3ccccc3OC)nc2C1C(C)CC. The van der Waals surface area contributed by atoms with Crippen LogP contribution in [0.2, 0.25) is 0 Å². The minimum atomic E-state index is -0.704. The Morgan fingerprint density at radius 3 is 1.46 bits per heavy atom. The van der Waals surface area contributed by atoms with Gasteiger partial charge >= 0.3 is 0 Å². The van der Waals surface area contributed by atoms with Crippen LogP contribution in [0.1, 0.15) is 64.3 Å². The van der Waals surface area contributed by atoms with Gasteiger partial charge in [0.1, 0.15) is 23.1 Å². The summed E-state index contributed by atoms with van der Waals surface area (Å²) in [6, 6.07) is 13.9. The summed E-state index contributed by atoms with van der Waals surface area (Å²) in [5.41, 5.74) is 16.7. The van der Waals surface area contributed by atoms with Gasteiger partial charge in [-0.05, 0) is 36.1 Å². The van der Waals surface area contributed by atoms with Crippen molar-refractivity contribution in [2.75, 3.05) is 38.8 Å². The van der Waals surface area contributed by atoms with Gasteiger partial charge in [-0.3, -0.25) is 9.59 Å². The van der Waals surface area contributed by atoms with Crippen molar-refractivity contribution in [1.29, 1.82) is 0 Å². The molecule has 0 radical (unpaired) electrons. The second-order valence-electron chi connectivity index (χ2n) is 14.3. The topological polar surface area (TPSA) is 147 Å². The molecule has 4 heterocycles. The predicted molar refractivity (Wildman–Crippen MR) is 217 cm³/mol. The van der Waals surface area contributed by atoms with Crippen LogP contribution >= 0.6 is 21.6 Å². The molecule has 54 heavy (non-hydrogen) atoms. The molecule has 6 rings (SSSR count). The lowest BCUT2D eigenvalue weighted by Crippen LogP contribution is -2.52. The van der Waals surface area contributed by atoms with Crippen molar-refractivity contribution in [3.63, 3.8) is 0 Å². The number of hydrogen-bond donors (Lipinski definition) is 2. The normalized spacial score (nSPS) is 19.0. The number of hydrogen-bond acceptors (Lipinski definition) is 10. The first-order chi connectivity index (χ1) is 26.1. The summed E-state index contributed by atoms with van der Waals surface area (Å²) in [7, 11) is 6.30. The lowest BCUT2D eigenvalue weighted by atomic mass is 9.94. The number of imidazole rings is 2. The fourth-order valence-electron chi connectivity index (χ4n) is 7.53. The van der Waals surface area contributed by atoms with E-state index in [-0.39, 0.29) is 35.7 Å². The van der Waals surface area contributed by atoms with Gasteiger partial charge < -0.3 is 39.9 Å². The number of amides is 2. The third kappa shape index (κ3) is 8.02. The molecule has 0 saturated carbocycles. The maximum atomic E-state index is 13.9.